The van der Waals surface area contributed by atoms with Gasteiger partial charge in [0.1, 0.15) is 17.3 Å². The molecule has 0 unspecified atom stereocenters. The first-order chi connectivity index (χ1) is 15.7. The molecule has 10 nitrogen and oxygen atoms in total. The fourth-order valence-electron chi connectivity index (χ4n) is 2.77. The number of nitrogens with zero attached hydrogens (tertiary/aromatic N) is 6. The minimum atomic E-state index is -4.85. The van der Waals surface area contributed by atoms with Gasteiger partial charge in [0, 0.05) is 11.3 Å². The van der Waals surface area contributed by atoms with Gasteiger partial charge in [0.15, 0.2) is 17.4 Å². The van der Waals surface area contributed by atoms with Crippen molar-refractivity contribution < 1.29 is 26.9 Å². The Kier molecular flexibility index (Phi) is 5.91. The molecule has 0 aliphatic heterocycles. The van der Waals surface area contributed by atoms with E-state index in [1.165, 1.54) is 28.9 Å². The normalized spacial score (nSPS) is 11.4. The number of tetrazole rings is 1. The zero-order valence-electron chi connectivity index (χ0n) is 16.1. The zero-order valence-corrected chi connectivity index (χ0v) is 16.9. The number of benzene rings is 2. The van der Waals surface area contributed by atoms with Crippen molar-refractivity contribution in [1.29, 1.82) is 5.41 Å². The van der Waals surface area contributed by atoms with Gasteiger partial charge in [0.25, 0.3) is 0 Å². The van der Waals surface area contributed by atoms with Gasteiger partial charge in [-0.25, -0.2) is 13.7 Å². The third-order valence-electron chi connectivity index (χ3n) is 4.14. The van der Waals surface area contributed by atoms with Gasteiger partial charge in [-0.3, -0.25) is 5.41 Å². The Labute approximate surface area is 186 Å². The molecule has 15 heteroatoms. The number of halogens is 5. The van der Waals surface area contributed by atoms with Crippen LogP contribution in [0.2, 0.25) is 5.02 Å². The molecule has 0 saturated heterocycles. The third kappa shape index (κ3) is 5.23. The highest BCUT2D eigenvalue weighted by Crippen LogP contribution is 2.27. The van der Waals surface area contributed by atoms with Gasteiger partial charge in [0.2, 0.25) is 0 Å². The summed E-state index contributed by atoms with van der Waals surface area (Å²) in [6, 6.07) is 8.90. The van der Waals surface area contributed by atoms with Crippen LogP contribution in [-0.2, 0) is 6.54 Å². The quantitative estimate of drug-likeness (QED) is 0.240. The SMILES string of the molecule is N=C(Nc1ccc(F)c(Cl)c1)c1nonc1Cn1nnnc1-c1cccc(OC(F)(F)F)c1. The molecule has 4 aromatic rings. The molecule has 0 atom stereocenters. The monoisotopic (exact) mass is 482 g/mol. The van der Waals surface area contributed by atoms with E-state index >= 15 is 0 Å². The van der Waals surface area contributed by atoms with E-state index in [-0.39, 0.29) is 40.2 Å². The van der Waals surface area contributed by atoms with Crippen LogP contribution in [0.4, 0.5) is 23.2 Å². The summed E-state index contributed by atoms with van der Waals surface area (Å²) in [5, 5.41) is 29.4. The highest BCUT2D eigenvalue weighted by atomic mass is 35.5. The number of hydrogen-bond donors (Lipinski definition) is 2. The van der Waals surface area contributed by atoms with Crippen LogP contribution in [0.1, 0.15) is 11.4 Å². The highest BCUT2D eigenvalue weighted by molar-refractivity contribution is 6.31. The number of amidine groups is 1. The number of aromatic nitrogens is 6. The van der Waals surface area contributed by atoms with E-state index in [9.17, 15) is 17.6 Å². The average Bonchev–Trinajstić information content (AvgIpc) is 3.40. The summed E-state index contributed by atoms with van der Waals surface area (Å²) in [6.45, 7) is -0.125. The number of ether oxygens (including phenoxy) is 1. The molecule has 2 aromatic carbocycles. The van der Waals surface area contributed by atoms with Crippen molar-refractivity contribution in [2.75, 3.05) is 5.32 Å². The van der Waals surface area contributed by atoms with Crippen molar-refractivity contribution in [3.8, 4) is 17.1 Å². The van der Waals surface area contributed by atoms with E-state index in [2.05, 4.69) is 35.9 Å². The molecular formula is C18H11ClF4N8O2. The maximum Gasteiger partial charge on any atom is 0.573 e. The standard InChI is InChI=1S/C18H11ClF4N8O2/c19-12-7-10(4-5-13(12)20)25-16(24)15-14(27-33-28-15)8-31-17(26-29-30-31)9-2-1-3-11(6-9)32-18(21,22)23/h1-7H,8H2,(H2,24,25). The lowest BCUT2D eigenvalue weighted by atomic mass is 10.2. The van der Waals surface area contributed by atoms with E-state index in [1.807, 2.05) is 0 Å². The molecule has 0 radical (unpaired) electrons. The van der Waals surface area contributed by atoms with E-state index < -0.39 is 17.9 Å². The molecule has 0 aliphatic rings. The molecule has 0 aliphatic carbocycles. The van der Waals surface area contributed by atoms with Crippen LogP contribution in [0, 0.1) is 11.2 Å². The number of alkyl halides is 3. The van der Waals surface area contributed by atoms with Crippen molar-refractivity contribution in [3.05, 3.63) is 64.7 Å². The highest BCUT2D eigenvalue weighted by Gasteiger charge is 2.31. The number of rotatable bonds is 6. The van der Waals surface area contributed by atoms with Gasteiger partial charge in [0.05, 0.1) is 11.6 Å². The molecule has 2 aromatic heterocycles. The van der Waals surface area contributed by atoms with E-state index in [0.717, 1.165) is 18.2 Å². The van der Waals surface area contributed by atoms with E-state index in [1.54, 1.807) is 0 Å². The number of anilines is 1. The molecule has 0 fully saturated rings. The Morgan fingerprint density at radius 3 is 2.76 bits per heavy atom. The summed E-state index contributed by atoms with van der Waals surface area (Å²) in [6.07, 6.45) is -4.85. The van der Waals surface area contributed by atoms with Crippen LogP contribution >= 0.6 is 11.6 Å². The lowest BCUT2D eigenvalue weighted by molar-refractivity contribution is -0.274. The largest absolute Gasteiger partial charge is 0.573 e. The first kappa shape index (κ1) is 22.1. The average molecular weight is 483 g/mol. The van der Waals surface area contributed by atoms with E-state index in [4.69, 9.17) is 21.6 Å². The lowest BCUT2D eigenvalue weighted by Crippen LogP contribution is -2.17. The summed E-state index contributed by atoms with van der Waals surface area (Å²) >= 11 is 5.74. The lowest BCUT2D eigenvalue weighted by Gasteiger charge is -2.10. The molecule has 0 amide bonds. The van der Waals surface area contributed by atoms with Crippen LogP contribution in [-0.4, -0.2) is 42.7 Å². The topological polar surface area (TPSA) is 128 Å². The molecule has 2 heterocycles. The van der Waals surface area contributed by atoms with Crippen LogP contribution in [0.3, 0.4) is 0 Å². The fourth-order valence-corrected chi connectivity index (χ4v) is 2.95. The van der Waals surface area contributed by atoms with Crippen molar-refractivity contribution >= 4 is 23.1 Å². The molecule has 33 heavy (non-hydrogen) atoms. The Morgan fingerprint density at radius 2 is 2.00 bits per heavy atom. The second-order valence-corrected chi connectivity index (χ2v) is 6.83. The molecule has 170 valence electrons. The molecule has 0 saturated carbocycles. The Bertz CT molecular complexity index is 1310. The molecule has 4 rings (SSSR count). The predicted molar refractivity (Wildman–Crippen MR) is 105 cm³/mol. The van der Waals surface area contributed by atoms with Crippen LogP contribution in [0.25, 0.3) is 11.4 Å². The second kappa shape index (κ2) is 8.82. The third-order valence-corrected chi connectivity index (χ3v) is 4.43. The van der Waals surface area contributed by atoms with Crippen molar-refractivity contribution in [3.63, 3.8) is 0 Å². The maximum atomic E-state index is 13.3. The molecule has 0 spiro atoms. The molecule has 0 bridgehead atoms. The van der Waals surface area contributed by atoms with Crippen LogP contribution in [0.5, 0.6) is 5.75 Å². The first-order valence-electron chi connectivity index (χ1n) is 8.94. The van der Waals surface area contributed by atoms with Gasteiger partial charge in [-0.05, 0) is 45.9 Å². The van der Waals surface area contributed by atoms with Gasteiger partial charge in [-0.1, -0.05) is 28.9 Å². The van der Waals surface area contributed by atoms with Crippen molar-refractivity contribution in [2.45, 2.75) is 12.9 Å². The number of nitrogens with one attached hydrogen (secondary N) is 2. The van der Waals surface area contributed by atoms with Gasteiger partial charge >= 0.3 is 6.36 Å². The molecule has 2 N–H and O–H groups in total. The minimum absolute atomic E-state index is 0.00560. The van der Waals surface area contributed by atoms with Crippen LogP contribution < -0.4 is 10.1 Å². The van der Waals surface area contributed by atoms with Gasteiger partial charge in [-0.2, -0.15) is 0 Å². The minimum Gasteiger partial charge on any atom is -0.406 e. The fraction of sp³-hybridized carbons (Fsp3) is 0.111. The van der Waals surface area contributed by atoms with Crippen molar-refractivity contribution in [2.24, 2.45) is 0 Å². The smallest absolute Gasteiger partial charge is 0.406 e. The summed E-state index contributed by atoms with van der Waals surface area (Å²) in [7, 11) is 0. The Balaban J connectivity index is 1.55. The van der Waals surface area contributed by atoms with Crippen molar-refractivity contribution in [1.82, 2.24) is 30.5 Å². The summed E-state index contributed by atoms with van der Waals surface area (Å²) in [5.41, 5.74) is 0.724. The van der Waals surface area contributed by atoms with E-state index in [0.29, 0.717) is 5.69 Å². The Hall–Kier alpha value is -4.07. The second-order valence-electron chi connectivity index (χ2n) is 6.42. The summed E-state index contributed by atoms with van der Waals surface area (Å²) in [4.78, 5) is 0. The summed E-state index contributed by atoms with van der Waals surface area (Å²) in [5.74, 6) is -1.18. The number of hydrogen-bond acceptors (Lipinski definition) is 8. The predicted octanol–water partition coefficient (Wildman–Crippen LogP) is 3.90. The zero-order chi connectivity index (χ0) is 23.6. The summed E-state index contributed by atoms with van der Waals surface area (Å²) < 4.78 is 60.8. The maximum absolute atomic E-state index is 13.3. The molecular weight excluding hydrogens is 472 g/mol. The van der Waals surface area contributed by atoms with Gasteiger partial charge < -0.3 is 10.1 Å². The Morgan fingerprint density at radius 1 is 1.18 bits per heavy atom. The first-order valence-corrected chi connectivity index (χ1v) is 9.32. The van der Waals surface area contributed by atoms with Crippen LogP contribution in [0.15, 0.2) is 47.1 Å². The van der Waals surface area contributed by atoms with Gasteiger partial charge in [-0.15, -0.1) is 18.3 Å².